The van der Waals surface area contributed by atoms with Crippen molar-refractivity contribution in [3.63, 3.8) is 0 Å². The zero-order valence-electron chi connectivity index (χ0n) is 11.2. The predicted octanol–water partition coefficient (Wildman–Crippen LogP) is 3.27. The van der Waals surface area contributed by atoms with Gasteiger partial charge in [-0.1, -0.05) is 39.8 Å². The van der Waals surface area contributed by atoms with Crippen LogP contribution in [0.25, 0.3) is 0 Å². The molecule has 1 rings (SSSR count). The van der Waals surface area contributed by atoms with Crippen LogP contribution >= 0.6 is 0 Å². The number of hydrogen-bond acceptors (Lipinski definition) is 2. The second kappa shape index (κ2) is 5.26. The SMILES string of the molecule is CCCS(=O)(=O)Nc1cccc(C(C)(C)C)c1F. The van der Waals surface area contributed by atoms with Crippen LogP contribution in [0.15, 0.2) is 18.2 Å². The van der Waals surface area contributed by atoms with Crippen LogP contribution in [-0.4, -0.2) is 14.2 Å². The van der Waals surface area contributed by atoms with E-state index in [1.54, 1.807) is 19.1 Å². The molecule has 1 aromatic rings. The molecule has 3 nitrogen and oxygen atoms in total. The van der Waals surface area contributed by atoms with Gasteiger partial charge >= 0.3 is 0 Å². The molecule has 0 atom stereocenters. The van der Waals surface area contributed by atoms with Gasteiger partial charge < -0.3 is 0 Å². The van der Waals surface area contributed by atoms with E-state index in [1.165, 1.54) is 6.07 Å². The number of anilines is 1. The molecule has 0 aliphatic rings. The second-order valence-corrected chi connectivity index (χ2v) is 7.18. The summed E-state index contributed by atoms with van der Waals surface area (Å²) in [4.78, 5) is 0. The van der Waals surface area contributed by atoms with E-state index in [-0.39, 0.29) is 16.9 Å². The molecule has 0 fully saturated rings. The summed E-state index contributed by atoms with van der Waals surface area (Å²) in [6, 6.07) is 4.78. The van der Waals surface area contributed by atoms with E-state index >= 15 is 0 Å². The van der Waals surface area contributed by atoms with E-state index < -0.39 is 15.8 Å². The molecular weight excluding hydrogens is 253 g/mol. The Morgan fingerprint density at radius 1 is 1.28 bits per heavy atom. The highest BCUT2D eigenvalue weighted by molar-refractivity contribution is 7.92. The van der Waals surface area contributed by atoms with Crippen LogP contribution in [0.1, 0.15) is 39.7 Å². The van der Waals surface area contributed by atoms with Crippen molar-refractivity contribution in [2.45, 2.75) is 39.5 Å². The fraction of sp³-hybridized carbons (Fsp3) is 0.538. The van der Waals surface area contributed by atoms with Gasteiger partial charge in [0.15, 0.2) is 5.82 Å². The smallest absolute Gasteiger partial charge is 0.232 e. The van der Waals surface area contributed by atoms with Gasteiger partial charge in [-0.25, -0.2) is 12.8 Å². The highest BCUT2D eigenvalue weighted by Gasteiger charge is 2.21. The van der Waals surface area contributed by atoms with Crippen molar-refractivity contribution in [1.29, 1.82) is 0 Å². The molecule has 18 heavy (non-hydrogen) atoms. The Morgan fingerprint density at radius 2 is 1.89 bits per heavy atom. The van der Waals surface area contributed by atoms with Crippen molar-refractivity contribution in [3.05, 3.63) is 29.6 Å². The van der Waals surface area contributed by atoms with Crippen molar-refractivity contribution < 1.29 is 12.8 Å². The maximum Gasteiger partial charge on any atom is 0.232 e. The first-order chi connectivity index (χ1) is 8.17. The highest BCUT2D eigenvalue weighted by Crippen LogP contribution is 2.29. The lowest BCUT2D eigenvalue weighted by molar-refractivity contribution is 0.525. The molecule has 0 spiro atoms. The number of benzene rings is 1. The molecule has 0 radical (unpaired) electrons. The van der Waals surface area contributed by atoms with Gasteiger partial charge in [-0.15, -0.1) is 0 Å². The van der Waals surface area contributed by atoms with Crippen molar-refractivity contribution in [3.8, 4) is 0 Å². The zero-order chi connectivity index (χ0) is 14.0. The zero-order valence-corrected chi connectivity index (χ0v) is 12.1. The molecule has 0 saturated heterocycles. The summed E-state index contributed by atoms with van der Waals surface area (Å²) in [5.41, 5.74) is 0.158. The molecule has 0 saturated carbocycles. The van der Waals surface area contributed by atoms with Crippen molar-refractivity contribution >= 4 is 15.7 Å². The molecule has 0 aromatic heterocycles. The average Bonchev–Trinajstić information content (AvgIpc) is 2.18. The van der Waals surface area contributed by atoms with E-state index in [4.69, 9.17) is 0 Å². The van der Waals surface area contributed by atoms with Crippen LogP contribution in [0.3, 0.4) is 0 Å². The van der Waals surface area contributed by atoms with Crippen LogP contribution in [0.5, 0.6) is 0 Å². The lowest BCUT2D eigenvalue weighted by Crippen LogP contribution is -2.19. The summed E-state index contributed by atoms with van der Waals surface area (Å²) in [5, 5.41) is 0. The first kappa shape index (κ1) is 15.0. The van der Waals surface area contributed by atoms with Gasteiger partial charge in [0.05, 0.1) is 11.4 Å². The van der Waals surface area contributed by atoms with E-state index in [0.717, 1.165) is 0 Å². The maximum atomic E-state index is 14.2. The fourth-order valence-corrected chi connectivity index (χ4v) is 2.81. The lowest BCUT2D eigenvalue weighted by Gasteiger charge is -2.21. The van der Waals surface area contributed by atoms with E-state index in [0.29, 0.717) is 12.0 Å². The number of halogens is 1. The minimum Gasteiger partial charge on any atom is -0.281 e. The quantitative estimate of drug-likeness (QED) is 0.915. The Kier molecular flexibility index (Phi) is 4.37. The summed E-state index contributed by atoms with van der Waals surface area (Å²) in [6.45, 7) is 7.42. The van der Waals surface area contributed by atoms with Crippen LogP contribution in [-0.2, 0) is 15.4 Å². The minimum absolute atomic E-state index is 0.00775. The predicted molar refractivity (Wildman–Crippen MR) is 72.8 cm³/mol. The van der Waals surface area contributed by atoms with Gasteiger partial charge in [0.2, 0.25) is 10.0 Å². The van der Waals surface area contributed by atoms with E-state index in [9.17, 15) is 12.8 Å². The summed E-state index contributed by atoms with van der Waals surface area (Å²) in [5.74, 6) is -0.503. The second-order valence-electron chi connectivity index (χ2n) is 5.34. The third kappa shape index (κ3) is 3.70. The first-order valence-corrected chi connectivity index (χ1v) is 7.62. The molecule has 0 bridgehead atoms. The Morgan fingerprint density at radius 3 is 2.39 bits per heavy atom. The van der Waals surface area contributed by atoms with Crippen LogP contribution < -0.4 is 4.72 Å². The Balaban J connectivity index is 3.13. The van der Waals surface area contributed by atoms with Crippen molar-refractivity contribution in [1.82, 2.24) is 0 Å². The van der Waals surface area contributed by atoms with E-state index in [1.807, 2.05) is 20.8 Å². The lowest BCUT2D eigenvalue weighted by atomic mass is 9.86. The fourth-order valence-electron chi connectivity index (χ4n) is 1.68. The molecule has 5 heteroatoms. The highest BCUT2D eigenvalue weighted by atomic mass is 32.2. The Labute approximate surface area is 108 Å². The number of hydrogen-bond donors (Lipinski definition) is 1. The maximum absolute atomic E-state index is 14.2. The standard InChI is InChI=1S/C13H20FNO2S/c1-5-9-18(16,17)15-11-8-6-7-10(12(11)14)13(2,3)4/h6-8,15H,5,9H2,1-4H3. The van der Waals surface area contributed by atoms with E-state index in [2.05, 4.69) is 4.72 Å². The molecule has 0 heterocycles. The summed E-state index contributed by atoms with van der Waals surface area (Å²) >= 11 is 0. The molecule has 0 unspecified atom stereocenters. The van der Waals surface area contributed by atoms with Gasteiger partial charge in [0.1, 0.15) is 0 Å². The molecule has 0 aliphatic heterocycles. The minimum atomic E-state index is -3.46. The number of rotatable bonds is 4. The molecule has 1 aromatic carbocycles. The van der Waals surface area contributed by atoms with Crippen LogP contribution in [0.2, 0.25) is 0 Å². The van der Waals surface area contributed by atoms with Gasteiger partial charge in [-0.3, -0.25) is 4.72 Å². The van der Waals surface area contributed by atoms with Crippen LogP contribution in [0.4, 0.5) is 10.1 Å². The third-order valence-corrected chi connectivity index (χ3v) is 4.02. The molecule has 1 N–H and O–H groups in total. The van der Waals surface area contributed by atoms with Crippen molar-refractivity contribution in [2.75, 3.05) is 10.5 Å². The van der Waals surface area contributed by atoms with Crippen molar-refractivity contribution in [2.24, 2.45) is 0 Å². The van der Waals surface area contributed by atoms with Gasteiger partial charge in [0.25, 0.3) is 0 Å². The Bertz CT molecular complexity index is 518. The molecule has 0 amide bonds. The summed E-state index contributed by atoms with van der Waals surface area (Å²) in [6.07, 6.45) is 0.496. The molecule has 0 aliphatic carbocycles. The normalized spacial score (nSPS) is 12.5. The molecule has 102 valence electrons. The van der Waals surface area contributed by atoms with Gasteiger partial charge in [-0.05, 0) is 23.5 Å². The van der Waals surface area contributed by atoms with Gasteiger partial charge in [-0.2, -0.15) is 0 Å². The Hall–Kier alpha value is -1.10. The molecular formula is C13H20FNO2S. The largest absolute Gasteiger partial charge is 0.281 e. The topological polar surface area (TPSA) is 46.2 Å². The first-order valence-electron chi connectivity index (χ1n) is 5.97. The summed E-state index contributed by atoms with van der Waals surface area (Å²) in [7, 11) is -3.46. The number of sulfonamides is 1. The monoisotopic (exact) mass is 273 g/mol. The summed E-state index contributed by atoms with van der Waals surface area (Å²) < 4.78 is 39.8. The average molecular weight is 273 g/mol. The van der Waals surface area contributed by atoms with Gasteiger partial charge in [0, 0.05) is 0 Å². The van der Waals surface area contributed by atoms with Crippen LogP contribution in [0, 0.1) is 5.82 Å². The third-order valence-electron chi connectivity index (χ3n) is 2.55. The number of nitrogens with one attached hydrogen (secondary N) is 1.